The van der Waals surface area contributed by atoms with E-state index < -0.39 is 12.0 Å². The van der Waals surface area contributed by atoms with Gasteiger partial charge in [-0.2, -0.15) is 5.10 Å². The summed E-state index contributed by atoms with van der Waals surface area (Å²) in [6, 6.07) is 8.43. The van der Waals surface area contributed by atoms with Gasteiger partial charge in [-0.3, -0.25) is 14.3 Å². The lowest BCUT2D eigenvalue weighted by Gasteiger charge is -2.19. The van der Waals surface area contributed by atoms with E-state index in [0.29, 0.717) is 34.1 Å². The molecule has 1 unspecified atom stereocenters. The van der Waals surface area contributed by atoms with Crippen LogP contribution in [0.1, 0.15) is 53.0 Å². The minimum absolute atomic E-state index is 0.0532. The molecule has 2 N–H and O–H groups in total. The molecule has 3 aromatic rings. The molecule has 35 heavy (non-hydrogen) atoms. The summed E-state index contributed by atoms with van der Waals surface area (Å²) in [6.45, 7) is 3.50. The molecule has 4 rings (SSSR count). The van der Waals surface area contributed by atoms with Crippen LogP contribution in [0.3, 0.4) is 0 Å². The number of rotatable bonds is 9. The number of nitrogens with zero attached hydrogens (tertiary/aromatic N) is 3. The van der Waals surface area contributed by atoms with E-state index in [4.69, 9.17) is 32.9 Å². The highest BCUT2D eigenvalue weighted by Crippen LogP contribution is 2.26. The SMILES string of the molecule is CCOC(=O)CC(NC(=O)c1cnn(CCc2ccc3c(n2)NCCC3)c1)c1cc(Cl)cc(Cl)c1. The molecule has 10 heteroatoms. The number of carbonyl (C=O) groups excluding carboxylic acids is 2. The molecule has 2 aromatic heterocycles. The Bertz CT molecular complexity index is 1190. The molecule has 1 aliphatic rings. The predicted octanol–water partition coefficient (Wildman–Crippen LogP) is 4.61. The van der Waals surface area contributed by atoms with Crippen LogP contribution in [0.4, 0.5) is 5.82 Å². The lowest BCUT2D eigenvalue weighted by molar-refractivity contribution is -0.143. The maximum Gasteiger partial charge on any atom is 0.308 e. The summed E-state index contributed by atoms with van der Waals surface area (Å²) in [5.41, 5.74) is 3.21. The van der Waals surface area contributed by atoms with Crippen molar-refractivity contribution in [3.05, 3.63) is 75.2 Å². The number of ether oxygens (including phenoxy) is 1. The Kier molecular flexibility index (Phi) is 8.25. The smallest absolute Gasteiger partial charge is 0.308 e. The zero-order valence-electron chi connectivity index (χ0n) is 19.4. The molecule has 1 atom stereocenters. The third kappa shape index (κ3) is 6.74. The molecular weight excluding hydrogens is 489 g/mol. The number of pyridine rings is 1. The van der Waals surface area contributed by atoms with Gasteiger partial charge in [0, 0.05) is 41.4 Å². The fourth-order valence-electron chi connectivity index (χ4n) is 4.00. The van der Waals surface area contributed by atoms with Gasteiger partial charge in [0.15, 0.2) is 0 Å². The van der Waals surface area contributed by atoms with Crippen molar-refractivity contribution in [2.45, 2.75) is 45.2 Å². The second-order valence-corrected chi connectivity index (χ2v) is 9.19. The second kappa shape index (κ2) is 11.6. The van der Waals surface area contributed by atoms with Crippen molar-refractivity contribution < 1.29 is 14.3 Å². The highest BCUT2D eigenvalue weighted by molar-refractivity contribution is 6.34. The summed E-state index contributed by atoms with van der Waals surface area (Å²) >= 11 is 12.3. The fourth-order valence-corrected chi connectivity index (χ4v) is 4.54. The van der Waals surface area contributed by atoms with E-state index in [1.165, 1.54) is 11.8 Å². The third-order valence-electron chi connectivity index (χ3n) is 5.71. The Labute approximate surface area is 214 Å². The summed E-state index contributed by atoms with van der Waals surface area (Å²) in [4.78, 5) is 29.8. The van der Waals surface area contributed by atoms with Crippen LogP contribution in [0.15, 0.2) is 42.7 Å². The number of fused-ring (bicyclic) bond motifs is 1. The van der Waals surface area contributed by atoms with E-state index in [2.05, 4.69) is 21.8 Å². The molecule has 8 nitrogen and oxygen atoms in total. The molecule has 0 spiro atoms. The molecule has 1 amide bonds. The van der Waals surface area contributed by atoms with Crippen molar-refractivity contribution in [1.82, 2.24) is 20.1 Å². The molecule has 184 valence electrons. The lowest BCUT2D eigenvalue weighted by atomic mass is 10.0. The quantitative estimate of drug-likeness (QED) is 0.403. The summed E-state index contributed by atoms with van der Waals surface area (Å²) in [5.74, 6) is 0.164. The van der Waals surface area contributed by atoms with Crippen LogP contribution in [0.2, 0.25) is 10.0 Å². The number of anilines is 1. The topological polar surface area (TPSA) is 98.1 Å². The summed E-state index contributed by atoms with van der Waals surface area (Å²) in [6.07, 6.45) is 5.98. The Hall–Kier alpha value is -3.10. The van der Waals surface area contributed by atoms with E-state index in [-0.39, 0.29) is 18.9 Å². The van der Waals surface area contributed by atoms with Crippen molar-refractivity contribution in [1.29, 1.82) is 0 Å². The molecule has 0 saturated carbocycles. The number of esters is 1. The average molecular weight is 516 g/mol. The van der Waals surface area contributed by atoms with Crippen molar-refractivity contribution in [3.63, 3.8) is 0 Å². The largest absolute Gasteiger partial charge is 0.466 e. The minimum Gasteiger partial charge on any atom is -0.466 e. The number of carbonyl (C=O) groups is 2. The van der Waals surface area contributed by atoms with Crippen LogP contribution in [0.25, 0.3) is 0 Å². The van der Waals surface area contributed by atoms with Crippen LogP contribution in [0.5, 0.6) is 0 Å². The number of aromatic nitrogens is 3. The van der Waals surface area contributed by atoms with Gasteiger partial charge >= 0.3 is 5.97 Å². The van der Waals surface area contributed by atoms with Crippen LogP contribution in [-0.2, 0) is 28.9 Å². The fraction of sp³-hybridized carbons (Fsp3) is 0.360. The van der Waals surface area contributed by atoms with E-state index in [1.807, 2.05) is 6.07 Å². The number of aryl methyl sites for hydroxylation is 3. The minimum atomic E-state index is -0.659. The Balaban J connectivity index is 1.42. The molecule has 0 saturated heterocycles. The first-order chi connectivity index (χ1) is 16.9. The second-order valence-electron chi connectivity index (χ2n) is 8.32. The molecule has 0 fully saturated rings. The number of halogens is 2. The molecule has 1 aliphatic heterocycles. The maximum atomic E-state index is 13.0. The van der Waals surface area contributed by atoms with Gasteiger partial charge in [0.05, 0.1) is 30.8 Å². The maximum absolute atomic E-state index is 13.0. The van der Waals surface area contributed by atoms with Crippen molar-refractivity contribution in [2.24, 2.45) is 0 Å². The molecule has 0 radical (unpaired) electrons. The van der Waals surface area contributed by atoms with Crippen molar-refractivity contribution in [3.8, 4) is 0 Å². The van der Waals surface area contributed by atoms with Gasteiger partial charge in [-0.1, -0.05) is 29.3 Å². The summed E-state index contributed by atoms with van der Waals surface area (Å²) < 4.78 is 6.78. The number of benzene rings is 1. The van der Waals surface area contributed by atoms with Crippen LogP contribution in [0, 0.1) is 0 Å². The van der Waals surface area contributed by atoms with Crippen molar-refractivity contribution in [2.75, 3.05) is 18.5 Å². The Morgan fingerprint density at radius 1 is 1.23 bits per heavy atom. The van der Waals surface area contributed by atoms with Gasteiger partial charge in [-0.15, -0.1) is 0 Å². The van der Waals surface area contributed by atoms with Gasteiger partial charge in [0.2, 0.25) is 0 Å². The number of nitrogens with one attached hydrogen (secondary N) is 2. The monoisotopic (exact) mass is 515 g/mol. The summed E-state index contributed by atoms with van der Waals surface area (Å²) in [7, 11) is 0. The molecular formula is C25H27Cl2N5O3. The first-order valence-corrected chi connectivity index (χ1v) is 12.3. The number of hydrogen-bond donors (Lipinski definition) is 2. The highest BCUT2D eigenvalue weighted by Gasteiger charge is 2.22. The first kappa shape index (κ1) is 25.0. The average Bonchev–Trinajstić information content (AvgIpc) is 3.31. The van der Waals surface area contributed by atoms with Gasteiger partial charge in [0.1, 0.15) is 5.82 Å². The van der Waals surface area contributed by atoms with E-state index in [1.54, 1.807) is 36.0 Å². The zero-order chi connectivity index (χ0) is 24.8. The van der Waals surface area contributed by atoms with Crippen LogP contribution >= 0.6 is 23.2 Å². The van der Waals surface area contributed by atoms with Crippen LogP contribution < -0.4 is 10.6 Å². The van der Waals surface area contributed by atoms with Crippen molar-refractivity contribution >= 4 is 40.9 Å². The highest BCUT2D eigenvalue weighted by atomic mass is 35.5. The number of amides is 1. The molecule has 0 aliphatic carbocycles. The Morgan fingerprint density at radius 3 is 2.80 bits per heavy atom. The first-order valence-electron chi connectivity index (χ1n) is 11.6. The lowest BCUT2D eigenvalue weighted by Crippen LogP contribution is -2.30. The number of hydrogen-bond acceptors (Lipinski definition) is 6. The van der Waals surface area contributed by atoms with E-state index >= 15 is 0 Å². The predicted molar refractivity (Wildman–Crippen MR) is 135 cm³/mol. The Morgan fingerprint density at radius 2 is 2.03 bits per heavy atom. The van der Waals surface area contributed by atoms with Gasteiger partial charge in [-0.05, 0) is 55.2 Å². The van der Waals surface area contributed by atoms with Gasteiger partial charge < -0.3 is 15.4 Å². The normalized spacial score (nSPS) is 13.5. The van der Waals surface area contributed by atoms with E-state index in [9.17, 15) is 9.59 Å². The third-order valence-corrected chi connectivity index (χ3v) is 6.15. The summed E-state index contributed by atoms with van der Waals surface area (Å²) in [5, 5.41) is 11.4. The molecule has 0 bridgehead atoms. The van der Waals surface area contributed by atoms with Gasteiger partial charge in [-0.25, -0.2) is 4.98 Å². The van der Waals surface area contributed by atoms with Gasteiger partial charge in [0.25, 0.3) is 5.91 Å². The molecule has 1 aromatic carbocycles. The molecule has 3 heterocycles. The standard InChI is InChI=1S/C25H27Cl2N5O3/c1-2-35-23(33)13-22(17-10-19(26)12-20(27)11-17)31-25(34)18-14-29-32(15-18)9-7-21-6-5-16-4-3-8-28-24(16)30-21/h5-6,10-12,14-15,22H,2-4,7-9,13H2,1H3,(H,28,30)(H,31,34). The zero-order valence-corrected chi connectivity index (χ0v) is 20.9. The van der Waals surface area contributed by atoms with Crippen LogP contribution in [-0.4, -0.2) is 39.8 Å². The van der Waals surface area contributed by atoms with E-state index in [0.717, 1.165) is 30.9 Å².